The predicted octanol–water partition coefficient (Wildman–Crippen LogP) is 3.14. The monoisotopic (exact) mass is 287 g/mol. The van der Waals surface area contributed by atoms with Crippen molar-refractivity contribution in [2.75, 3.05) is 6.54 Å². The van der Waals surface area contributed by atoms with Gasteiger partial charge in [0.15, 0.2) is 5.78 Å². The Labute approximate surface area is 102 Å². The van der Waals surface area contributed by atoms with Crippen molar-refractivity contribution >= 4 is 33.0 Å². The second kappa shape index (κ2) is 4.76. The Morgan fingerprint density at radius 3 is 2.93 bits per heavy atom. The molecule has 1 aliphatic heterocycles. The van der Waals surface area contributed by atoms with E-state index in [4.69, 9.17) is 0 Å². The Kier molecular flexibility index (Phi) is 3.59. The highest BCUT2D eigenvalue weighted by Crippen LogP contribution is 2.28. The normalized spacial score (nSPS) is 21.6. The Morgan fingerprint density at radius 1 is 1.60 bits per heavy atom. The number of aryl methyl sites for hydroxylation is 1. The molecule has 1 fully saturated rings. The van der Waals surface area contributed by atoms with Gasteiger partial charge in [0.1, 0.15) is 0 Å². The van der Waals surface area contributed by atoms with E-state index in [9.17, 15) is 4.79 Å². The van der Waals surface area contributed by atoms with E-state index in [1.807, 2.05) is 13.0 Å². The number of carbonyl (C=O) groups excluding carboxylic acids is 1. The van der Waals surface area contributed by atoms with Crippen molar-refractivity contribution in [1.82, 2.24) is 5.32 Å². The minimum atomic E-state index is 0.0407. The molecule has 1 N–H and O–H groups in total. The van der Waals surface area contributed by atoms with E-state index >= 15 is 0 Å². The summed E-state index contributed by atoms with van der Waals surface area (Å²) < 4.78 is 1.04. The molecule has 0 spiro atoms. The maximum absolute atomic E-state index is 12.2. The van der Waals surface area contributed by atoms with Gasteiger partial charge in [0.25, 0.3) is 0 Å². The van der Waals surface area contributed by atoms with Gasteiger partial charge in [-0.15, -0.1) is 11.3 Å². The first kappa shape index (κ1) is 11.3. The number of thiophene rings is 1. The average molecular weight is 288 g/mol. The van der Waals surface area contributed by atoms with Crippen LogP contribution in [0.5, 0.6) is 0 Å². The van der Waals surface area contributed by atoms with Crippen LogP contribution in [-0.4, -0.2) is 18.4 Å². The minimum Gasteiger partial charge on any atom is -0.307 e. The number of ketones is 1. The lowest BCUT2D eigenvalue weighted by molar-refractivity contribution is 0.0927. The number of halogens is 1. The highest BCUT2D eigenvalue weighted by Gasteiger charge is 2.24. The fourth-order valence-electron chi connectivity index (χ4n) is 1.95. The highest BCUT2D eigenvalue weighted by atomic mass is 79.9. The lowest BCUT2D eigenvalue weighted by atomic mass is 9.97. The SMILES string of the molecule is Cc1sc(Br)cc1C(=O)C1CCCCN1. The summed E-state index contributed by atoms with van der Waals surface area (Å²) in [5, 5.41) is 3.29. The molecule has 0 aliphatic carbocycles. The van der Waals surface area contributed by atoms with Crippen molar-refractivity contribution in [3.05, 3.63) is 20.3 Å². The van der Waals surface area contributed by atoms with E-state index in [1.54, 1.807) is 11.3 Å². The molecule has 1 atom stereocenters. The fraction of sp³-hybridized carbons (Fsp3) is 0.545. The van der Waals surface area contributed by atoms with E-state index in [-0.39, 0.29) is 11.8 Å². The molecule has 15 heavy (non-hydrogen) atoms. The number of carbonyl (C=O) groups is 1. The molecule has 0 bridgehead atoms. The molecule has 2 nitrogen and oxygen atoms in total. The van der Waals surface area contributed by atoms with E-state index in [2.05, 4.69) is 21.2 Å². The second-order valence-corrected chi connectivity index (χ2v) is 6.52. The summed E-state index contributed by atoms with van der Waals surface area (Å²) in [7, 11) is 0. The smallest absolute Gasteiger partial charge is 0.180 e. The van der Waals surface area contributed by atoms with Crippen LogP contribution in [0.4, 0.5) is 0 Å². The maximum Gasteiger partial charge on any atom is 0.180 e. The third-order valence-corrected chi connectivity index (χ3v) is 4.33. The Morgan fingerprint density at radius 2 is 2.40 bits per heavy atom. The first-order valence-electron chi connectivity index (χ1n) is 5.22. The van der Waals surface area contributed by atoms with Crippen LogP contribution >= 0.6 is 27.3 Å². The van der Waals surface area contributed by atoms with E-state index in [1.165, 1.54) is 6.42 Å². The molecule has 0 amide bonds. The van der Waals surface area contributed by atoms with Crippen LogP contribution in [0, 0.1) is 6.92 Å². The Hall–Kier alpha value is -0.190. The van der Waals surface area contributed by atoms with Crippen molar-refractivity contribution in [2.24, 2.45) is 0 Å². The largest absolute Gasteiger partial charge is 0.307 e. The maximum atomic E-state index is 12.2. The van der Waals surface area contributed by atoms with Gasteiger partial charge in [-0.1, -0.05) is 6.42 Å². The van der Waals surface area contributed by atoms with E-state index in [0.717, 1.165) is 33.6 Å². The summed E-state index contributed by atoms with van der Waals surface area (Å²) in [5.74, 6) is 0.258. The lowest BCUT2D eigenvalue weighted by Crippen LogP contribution is -2.40. The van der Waals surface area contributed by atoms with Gasteiger partial charge in [-0.2, -0.15) is 0 Å². The average Bonchev–Trinajstić information content (AvgIpc) is 2.58. The number of piperidine rings is 1. The molecule has 82 valence electrons. The van der Waals surface area contributed by atoms with Gasteiger partial charge < -0.3 is 5.32 Å². The summed E-state index contributed by atoms with van der Waals surface area (Å²) in [6.07, 6.45) is 3.33. The van der Waals surface area contributed by atoms with Crippen molar-refractivity contribution in [3.8, 4) is 0 Å². The molecule has 0 aromatic carbocycles. The fourth-order valence-corrected chi connectivity index (χ4v) is 3.65. The standard InChI is InChI=1S/C11H14BrNOS/c1-7-8(6-10(12)15-7)11(14)9-4-2-3-5-13-9/h6,9,13H,2-5H2,1H3. The van der Waals surface area contributed by atoms with Gasteiger partial charge in [0, 0.05) is 10.4 Å². The van der Waals surface area contributed by atoms with Crippen LogP contribution in [0.1, 0.15) is 34.5 Å². The van der Waals surface area contributed by atoms with Crippen molar-refractivity contribution in [3.63, 3.8) is 0 Å². The van der Waals surface area contributed by atoms with Crippen LogP contribution in [0.2, 0.25) is 0 Å². The number of Topliss-reactive ketones (excluding diaryl/α,β-unsaturated/α-hetero) is 1. The molecule has 2 heterocycles. The predicted molar refractivity (Wildman–Crippen MR) is 66.7 cm³/mol. The van der Waals surface area contributed by atoms with Gasteiger partial charge in [0.2, 0.25) is 0 Å². The molecule has 1 unspecified atom stereocenters. The molecule has 4 heteroatoms. The number of hydrogen-bond acceptors (Lipinski definition) is 3. The van der Waals surface area contributed by atoms with Crippen LogP contribution in [0.25, 0.3) is 0 Å². The molecular weight excluding hydrogens is 274 g/mol. The summed E-state index contributed by atoms with van der Waals surface area (Å²) in [4.78, 5) is 13.3. The zero-order valence-corrected chi connectivity index (χ0v) is 11.1. The first-order valence-corrected chi connectivity index (χ1v) is 6.83. The topological polar surface area (TPSA) is 29.1 Å². The Bertz CT molecular complexity index is 369. The van der Waals surface area contributed by atoms with Crippen molar-refractivity contribution < 1.29 is 4.79 Å². The van der Waals surface area contributed by atoms with Gasteiger partial charge in [-0.3, -0.25) is 4.79 Å². The summed E-state index contributed by atoms with van der Waals surface area (Å²) in [5.41, 5.74) is 0.881. The van der Waals surface area contributed by atoms with E-state index < -0.39 is 0 Å². The van der Waals surface area contributed by atoms with Gasteiger partial charge in [-0.25, -0.2) is 0 Å². The summed E-state index contributed by atoms with van der Waals surface area (Å²) >= 11 is 5.05. The van der Waals surface area contributed by atoms with Gasteiger partial charge in [-0.05, 0) is 48.3 Å². The van der Waals surface area contributed by atoms with Crippen molar-refractivity contribution in [2.45, 2.75) is 32.2 Å². The van der Waals surface area contributed by atoms with Crippen LogP contribution < -0.4 is 5.32 Å². The number of hydrogen-bond donors (Lipinski definition) is 1. The van der Waals surface area contributed by atoms with Crippen LogP contribution in [0.15, 0.2) is 9.85 Å². The molecule has 2 rings (SSSR count). The molecular formula is C11H14BrNOS. The molecule has 0 saturated carbocycles. The summed E-state index contributed by atoms with van der Waals surface area (Å²) in [6.45, 7) is 2.98. The number of nitrogens with one attached hydrogen (secondary N) is 1. The zero-order valence-electron chi connectivity index (χ0n) is 8.68. The van der Waals surface area contributed by atoms with Crippen LogP contribution in [-0.2, 0) is 0 Å². The molecule has 0 radical (unpaired) electrons. The third-order valence-electron chi connectivity index (χ3n) is 2.78. The Balaban J connectivity index is 2.16. The zero-order chi connectivity index (χ0) is 10.8. The number of rotatable bonds is 2. The second-order valence-electron chi connectivity index (χ2n) is 3.89. The van der Waals surface area contributed by atoms with E-state index in [0.29, 0.717) is 0 Å². The molecule has 1 aliphatic rings. The summed E-state index contributed by atoms with van der Waals surface area (Å²) in [6, 6.07) is 1.98. The first-order chi connectivity index (χ1) is 7.18. The van der Waals surface area contributed by atoms with Gasteiger partial charge in [0.05, 0.1) is 9.83 Å². The van der Waals surface area contributed by atoms with Crippen LogP contribution in [0.3, 0.4) is 0 Å². The quantitative estimate of drug-likeness (QED) is 0.847. The molecule has 1 aromatic heterocycles. The van der Waals surface area contributed by atoms with Crippen molar-refractivity contribution in [1.29, 1.82) is 0 Å². The molecule has 1 aromatic rings. The highest BCUT2D eigenvalue weighted by molar-refractivity contribution is 9.11. The minimum absolute atomic E-state index is 0.0407. The third kappa shape index (κ3) is 2.49. The van der Waals surface area contributed by atoms with Gasteiger partial charge >= 0.3 is 0 Å². The lowest BCUT2D eigenvalue weighted by Gasteiger charge is -2.21. The molecule has 1 saturated heterocycles.